The zero-order chi connectivity index (χ0) is 23.3. The van der Waals surface area contributed by atoms with Crippen LogP contribution in [0.25, 0.3) is 33.6 Å². The minimum absolute atomic E-state index is 0.124. The van der Waals surface area contributed by atoms with Crippen LogP contribution >= 0.6 is 0 Å². The molecule has 1 aliphatic heterocycles. The molecule has 2 aromatic carbocycles. The molecule has 174 valence electrons. The maximum atomic E-state index is 12.0. The molecule has 8 heteroatoms. The molecule has 34 heavy (non-hydrogen) atoms. The van der Waals surface area contributed by atoms with Crippen molar-refractivity contribution in [1.29, 1.82) is 0 Å². The van der Waals surface area contributed by atoms with Crippen molar-refractivity contribution < 1.29 is 9.21 Å². The van der Waals surface area contributed by atoms with Crippen molar-refractivity contribution in [1.82, 2.24) is 25.5 Å². The second-order valence-electron chi connectivity index (χ2n) is 8.25. The summed E-state index contributed by atoms with van der Waals surface area (Å²) < 4.78 is 6.29. The van der Waals surface area contributed by atoms with E-state index in [4.69, 9.17) is 4.42 Å². The number of hydrogen-bond acceptors (Lipinski definition) is 7. The molecule has 0 aliphatic carbocycles. The molecule has 4 aromatic rings. The van der Waals surface area contributed by atoms with E-state index in [-0.39, 0.29) is 5.91 Å². The van der Waals surface area contributed by atoms with E-state index in [0.29, 0.717) is 17.0 Å². The standard InChI is InChI=1S/C26H28N6O2/c1-27-25(33)20-9-7-19(8-10-20)23-21(18-5-3-2-4-6-18)22-24(30-17-31-26(22)34-23)29-13-16-32-14-11-28-12-15-32/h2-10,17,28H,11-16H2,1H3,(H,27,33)(H,29,30,31). The van der Waals surface area contributed by atoms with Crippen LogP contribution in [0.4, 0.5) is 5.82 Å². The first-order valence-corrected chi connectivity index (χ1v) is 11.6. The molecule has 2 aromatic heterocycles. The number of nitrogens with one attached hydrogen (secondary N) is 3. The van der Waals surface area contributed by atoms with Gasteiger partial charge in [-0.25, -0.2) is 9.97 Å². The summed E-state index contributed by atoms with van der Waals surface area (Å²) in [6.07, 6.45) is 1.53. The van der Waals surface area contributed by atoms with Crippen LogP contribution in [0.2, 0.25) is 0 Å². The van der Waals surface area contributed by atoms with Crippen LogP contribution in [0.3, 0.4) is 0 Å². The minimum Gasteiger partial charge on any atom is -0.437 e. The first kappa shape index (κ1) is 22.1. The number of benzene rings is 2. The van der Waals surface area contributed by atoms with Gasteiger partial charge in [0.05, 0.1) is 5.39 Å². The van der Waals surface area contributed by atoms with Gasteiger partial charge in [0.2, 0.25) is 5.71 Å². The zero-order valence-electron chi connectivity index (χ0n) is 19.2. The monoisotopic (exact) mass is 456 g/mol. The van der Waals surface area contributed by atoms with Crippen molar-refractivity contribution in [2.24, 2.45) is 0 Å². The lowest BCUT2D eigenvalue weighted by atomic mass is 9.98. The number of carbonyl (C=O) groups is 1. The number of amides is 1. The first-order valence-electron chi connectivity index (χ1n) is 11.6. The summed E-state index contributed by atoms with van der Waals surface area (Å²) in [5.74, 6) is 1.34. The smallest absolute Gasteiger partial charge is 0.251 e. The number of anilines is 1. The van der Waals surface area contributed by atoms with Gasteiger partial charge in [-0.1, -0.05) is 42.5 Å². The first-order chi connectivity index (χ1) is 16.7. The number of nitrogens with zero attached hydrogens (tertiary/aromatic N) is 3. The van der Waals surface area contributed by atoms with Crippen LogP contribution in [0, 0.1) is 0 Å². The van der Waals surface area contributed by atoms with E-state index in [1.54, 1.807) is 19.2 Å². The van der Waals surface area contributed by atoms with Crippen LogP contribution in [0.1, 0.15) is 10.4 Å². The zero-order valence-corrected chi connectivity index (χ0v) is 19.2. The van der Waals surface area contributed by atoms with Crippen molar-refractivity contribution in [3.63, 3.8) is 0 Å². The summed E-state index contributed by atoms with van der Waals surface area (Å²) in [6, 6.07) is 17.5. The van der Waals surface area contributed by atoms with E-state index in [2.05, 4.69) is 43.0 Å². The average molecular weight is 457 g/mol. The van der Waals surface area contributed by atoms with Gasteiger partial charge in [-0.15, -0.1) is 0 Å². The highest BCUT2D eigenvalue weighted by molar-refractivity contribution is 6.06. The molecule has 0 radical (unpaired) electrons. The average Bonchev–Trinajstić information content (AvgIpc) is 3.30. The molecule has 0 unspecified atom stereocenters. The lowest BCUT2D eigenvalue weighted by molar-refractivity contribution is 0.0963. The topological polar surface area (TPSA) is 95.3 Å². The Kier molecular flexibility index (Phi) is 6.51. The molecule has 1 saturated heterocycles. The minimum atomic E-state index is -0.124. The third-order valence-electron chi connectivity index (χ3n) is 6.12. The van der Waals surface area contributed by atoms with Gasteiger partial charge >= 0.3 is 0 Å². The second-order valence-corrected chi connectivity index (χ2v) is 8.25. The fourth-order valence-corrected chi connectivity index (χ4v) is 4.34. The van der Waals surface area contributed by atoms with Crippen LogP contribution in [-0.4, -0.2) is 67.1 Å². The molecule has 0 bridgehead atoms. The van der Waals surface area contributed by atoms with Crippen molar-refractivity contribution in [3.05, 3.63) is 66.5 Å². The third-order valence-corrected chi connectivity index (χ3v) is 6.12. The van der Waals surface area contributed by atoms with Crippen LogP contribution in [-0.2, 0) is 0 Å². The highest BCUT2D eigenvalue weighted by Crippen LogP contribution is 2.42. The second kappa shape index (κ2) is 10.0. The molecule has 1 amide bonds. The highest BCUT2D eigenvalue weighted by Gasteiger charge is 2.22. The van der Waals surface area contributed by atoms with Crippen LogP contribution in [0.5, 0.6) is 0 Å². The lowest BCUT2D eigenvalue weighted by Gasteiger charge is -2.27. The van der Waals surface area contributed by atoms with Gasteiger partial charge in [0.1, 0.15) is 17.9 Å². The summed E-state index contributed by atoms with van der Waals surface area (Å²) in [5.41, 5.74) is 3.96. The molecule has 5 rings (SSSR count). The molecule has 3 heterocycles. The van der Waals surface area contributed by atoms with E-state index in [9.17, 15) is 4.79 Å². The van der Waals surface area contributed by atoms with Gasteiger partial charge in [-0.3, -0.25) is 9.69 Å². The van der Waals surface area contributed by atoms with Gasteiger partial charge in [-0.05, 0) is 17.7 Å². The van der Waals surface area contributed by atoms with Crippen molar-refractivity contribution in [2.45, 2.75) is 0 Å². The largest absolute Gasteiger partial charge is 0.437 e. The number of hydrogen-bond donors (Lipinski definition) is 3. The number of aromatic nitrogens is 2. The number of rotatable bonds is 7. The Morgan fingerprint density at radius 3 is 2.53 bits per heavy atom. The quantitative estimate of drug-likeness (QED) is 0.393. The molecule has 3 N–H and O–H groups in total. The SMILES string of the molecule is CNC(=O)c1ccc(-c2oc3ncnc(NCCN4CCNCC4)c3c2-c2ccccc2)cc1. The number of furan rings is 1. The van der Waals surface area contributed by atoms with Gasteiger partial charge in [0.15, 0.2) is 0 Å². The van der Waals surface area contributed by atoms with Crippen molar-refractivity contribution in [3.8, 4) is 22.5 Å². The Morgan fingerprint density at radius 1 is 1.03 bits per heavy atom. The fraction of sp³-hybridized carbons (Fsp3) is 0.269. The molecule has 1 aliphatic rings. The van der Waals surface area contributed by atoms with Crippen LogP contribution in [0.15, 0.2) is 65.3 Å². The Balaban J connectivity index is 1.54. The summed E-state index contributed by atoms with van der Waals surface area (Å²) in [4.78, 5) is 23.4. The Bertz CT molecular complexity index is 1260. The Labute approximate surface area is 198 Å². The predicted octanol–water partition coefficient (Wildman–Crippen LogP) is 3.23. The van der Waals surface area contributed by atoms with Gasteiger partial charge < -0.3 is 20.4 Å². The lowest BCUT2D eigenvalue weighted by Crippen LogP contribution is -2.45. The molecule has 0 spiro atoms. The van der Waals surface area contributed by atoms with Crippen molar-refractivity contribution in [2.75, 3.05) is 51.6 Å². The van der Waals surface area contributed by atoms with Gasteiger partial charge in [-0.2, -0.15) is 0 Å². The fourth-order valence-electron chi connectivity index (χ4n) is 4.34. The number of fused-ring (bicyclic) bond motifs is 1. The molecule has 0 atom stereocenters. The maximum Gasteiger partial charge on any atom is 0.251 e. The number of piperazine rings is 1. The summed E-state index contributed by atoms with van der Waals surface area (Å²) >= 11 is 0. The molecule has 0 saturated carbocycles. The normalized spacial score (nSPS) is 14.3. The summed E-state index contributed by atoms with van der Waals surface area (Å²) in [6.45, 7) is 5.89. The third kappa shape index (κ3) is 4.50. The van der Waals surface area contributed by atoms with Gasteiger partial charge in [0, 0.05) is 63.0 Å². The van der Waals surface area contributed by atoms with Crippen molar-refractivity contribution >= 4 is 22.8 Å². The Morgan fingerprint density at radius 2 is 1.79 bits per heavy atom. The van der Waals surface area contributed by atoms with E-state index in [1.165, 1.54) is 6.33 Å². The van der Waals surface area contributed by atoms with Crippen LogP contribution < -0.4 is 16.0 Å². The maximum absolute atomic E-state index is 12.0. The molecular formula is C26H28N6O2. The van der Waals surface area contributed by atoms with E-state index in [0.717, 1.165) is 67.2 Å². The summed E-state index contributed by atoms with van der Waals surface area (Å²) in [5, 5.41) is 10.4. The van der Waals surface area contributed by atoms with Gasteiger partial charge in [0.25, 0.3) is 5.91 Å². The Hall–Kier alpha value is -3.75. The number of carbonyl (C=O) groups excluding carboxylic acids is 1. The van der Waals surface area contributed by atoms with E-state index < -0.39 is 0 Å². The predicted molar refractivity (Wildman–Crippen MR) is 134 cm³/mol. The summed E-state index contributed by atoms with van der Waals surface area (Å²) in [7, 11) is 1.62. The molecular weight excluding hydrogens is 428 g/mol. The molecule has 1 fully saturated rings. The highest BCUT2D eigenvalue weighted by atomic mass is 16.3. The van der Waals surface area contributed by atoms with E-state index >= 15 is 0 Å². The van der Waals surface area contributed by atoms with E-state index in [1.807, 2.05) is 30.3 Å². The molecule has 8 nitrogen and oxygen atoms in total.